The number of aliphatic hydroxyl groups excluding tert-OH is 1. The van der Waals surface area contributed by atoms with Crippen LogP contribution in [0.25, 0.3) is 0 Å². The molecular weight excluding hydrogens is 240 g/mol. The van der Waals surface area contributed by atoms with Gasteiger partial charge in [-0.25, -0.2) is 9.78 Å². The van der Waals surface area contributed by atoms with E-state index in [1.54, 1.807) is 19.1 Å². The van der Waals surface area contributed by atoms with Gasteiger partial charge in [-0.3, -0.25) is 4.79 Å². The van der Waals surface area contributed by atoms with Crippen molar-refractivity contribution in [2.24, 2.45) is 0 Å². The molecule has 2 N–H and O–H groups in total. The van der Waals surface area contributed by atoms with Crippen molar-refractivity contribution < 1.29 is 24.6 Å². The molecule has 0 aliphatic rings. The van der Waals surface area contributed by atoms with Crippen LogP contribution in [0.3, 0.4) is 0 Å². The molecule has 1 atom stereocenters. The van der Waals surface area contributed by atoms with Gasteiger partial charge in [0.25, 0.3) is 0 Å². The van der Waals surface area contributed by atoms with Gasteiger partial charge < -0.3 is 15.1 Å². The minimum Gasteiger partial charge on any atom is -0.480 e. The van der Waals surface area contributed by atoms with Gasteiger partial charge in [0.1, 0.15) is 0 Å². The summed E-state index contributed by atoms with van der Waals surface area (Å²) in [6.07, 6.45) is 1.43. The Morgan fingerprint density at radius 1 is 1.56 bits per heavy atom. The van der Waals surface area contributed by atoms with E-state index in [9.17, 15) is 9.59 Å². The molecule has 0 fully saturated rings. The van der Waals surface area contributed by atoms with Gasteiger partial charge in [-0.1, -0.05) is 6.07 Å². The number of carbonyl (C=O) groups excluding carboxylic acids is 1. The maximum atomic E-state index is 11.7. The average Bonchev–Trinajstić information content (AvgIpc) is 2.29. The number of nitrogens with zero attached hydrogens (tertiary/aromatic N) is 2. The second-order valence-corrected chi connectivity index (χ2v) is 3.63. The molecular formula is C11H14N2O5. The zero-order valence-corrected chi connectivity index (χ0v) is 10.0. The quantitative estimate of drug-likeness (QED) is 0.704. The number of hydrogen-bond donors (Lipinski definition) is 2. The third-order valence-corrected chi connectivity index (χ3v) is 2.33. The van der Waals surface area contributed by atoms with E-state index in [1.165, 1.54) is 13.2 Å². The first-order valence-electron chi connectivity index (χ1n) is 5.17. The van der Waals surface area contributed by atoms with Gasteiger partial charge in [-0.2, -0.15) is 0 Å². The molecule has 7 heteroatoms. The number of carboxylic acids is 1. The van der Waals surface area contributed by atoms with Crippen LogP contribution in [0.2, 0.25) is 0 Å². The highest BCUT2D eigenvalue weighted by Gasteiger charge is 2.26. The van der Waals surface area contributed by atoms with Gasteiger partial charge >= 0.3 is 11.9 Å². The molecule has 1 heterocycles. The summed E-state index contributed by atoms with van der Waals surface area (Å²) in [5.74, 6) is -2.05. The SMILES string of the molecule is Cc1cccnc1C(=O)ON(C)[C@@H](CO)C(=O)O. The lowest BCUT2D eigenvalue weighted by atomic mass is 10.2. The third-order valence-electron chi connectivity index (χ3n) is 2.33. The summed E-state index contributed by atoms with van der Waals surface area (Å²) >= 11 is 0. The molecule has 1 aromatic heterocycles. The number of aromatic nitrogens is 1. The van der Waals surface area contributed by atoms with Crippen molar-refractivity contribution in [3.05, 3.63) is 29.6 Å². The van der Waals surface area contributed by atoms with E-state index in [2.05, 4.69) is 4.98 Å². The summed E-state index contributed by atoms with van der Waals surface area (Å²) in [5, 5.41) is 18.4. The zero-order valence-electron chi connectivity index (χ0n) is 10.0. The summed E-state index contributed by atoms with van der Waals surface area (Å²) in [4.78, 5) is 31.1. The highest BCUT2D eigenvalue weighted by molar-refractivity contribution is 5.88. The monoisotopic (exact) mass is 254 g/mol. The van der Waals surface area contributed by atoms with Crippen molar-refractivity contribution in [1.29, 1.82) is 0 Å². The molecule has 0 bridgehead atoms. The van der Waals surface area contributed by atoms with Crippen LogP contribution >= 0.6 is 0 Å². The molecule has 0 radical (unpaired) electrons. The minimum atomic E-state index is -1.31. The zero-order chi connectivity index (χ0) is 13.7. The topological polar surface area (TPSA) is 100.0 Å². The number of hydroxylamine groups is 2. The Hall–Kier alpha value is -1.99. The van der Waals surface area contributed by atoms with Gasteiger partial charge in [0.15, 0.2) is 11.7 Å². The van der Waals surface area contributed by atoms with Crippen LogP contribution < -0.4 is 0 Å². The molecule has 0 unspecified atom stereocenters. The van der Waals surface area contributed by atoms with Crippen molar-refractivity contribution >= 4 is 11.9 Å². The average molecular weight is 254 g/mol. The normalized spacial score (nSPS) is 12.2. The standard InChI is InChI=1S/C11H14N2O5/c1-7-4-3-5-12-9(7)11(17)18-13(2)8(6-14)10(15)16/h3-5,8,14H,6H2,1-2H3,(H,15,16)/t8-/m0/s1. The molecule has 98 valence electrons. The molecule has 1 rings (SSSR count). The Morgan fingerprint density at radius 2 is 2.22 bits per heavy atom. The van der Waals surface area contributed by atoms with Crippen molar-refractivity contribution in [3.8, 4) is 0 Å². The van der Waals surface area contributed by atoms with Crippen molar-refractivity contribution in [1.82, 2.24) is 10.0 Å². The molecule has 18 heavy (non-hydrogen) atoms. The number of pyridine rings is 1. The van der Waals surface area contributed by atoms with Crippen LogP contribution in [0.4, 0.5) is 0 Å². The van der Waals surface area contributed by atoms with Crippen molar-refractivity contribution in [2.75, 3.05) is 13.7 Å². The number of aliphatic carboxylic acids is 1. The Balaban J connectivity index is 2.76. The molecule has 0 saturated heterocycles. The van der Waals surface area contributed by atoms with E-state index >= 15 is 0 Å². The number of aliphatic hydroxyl groups is 1. The predicted molar refractivity (Wildman–Crippen MR) is 60.7 cm³/mol. The van der Waals surface area contributed by atoms with Crippen molar-refractivity contribution in [2.45, 2.75) is 13.0 Å². The number of hydrogen-bond acceptors (Lipinski definition) is 6. The van der Waals surface area contributed by atoms with E-state index in [4.69, 9.17) is 15.1 Å². The van der Waals surface area contributed by atoms with Gasteiger partial charge in [0.2, 0.25) is 0 Å². The fourth-order valence-corrected chi connectivity index (χ4v) is 1.29. The molecule has 0 aliphatic carbocycles. The van der Waals surface area contributed by atoms with E-state index in [1.807, 2.05) is 0 Å². The number of carboxylic acid groups (broad SMARTS) is 1. The number of carbonyl (C=O) groups is 2. The summed E-state index contributed by atoms with van der Waals surface area (Å²) in [5.41, 5.74) is 0.721. The first kappa shape index (κ1) is 14.1. The van der Waals surface area contributed by atoms with Gasteiger partial charge in [-0.15, -0.1) is 5.06 Å². The Kier molecular flexibility index (Phi) is 4.75. The largest absolute Gasteiger partial charge is 0.480 e. The van der Waals surface area contributed by atoms with Crippen LogP contribution in [-0.4, -0.2) is 51.9 Å². The first-order chi connectivity index (χ1) is 8.47. The molecule has 0 aliphatic heterocycles. The van der Waals surface area contributed by atoms with E-state index < -0.39 is 24.6 Å². The van der Waals surface area contributed by atoms with Crippen LogP contribution in [-0.2, 0) is 9.63 Å². The summed E-state index contributed by atoms with van der Waals surface area (Å²) in [7, 11) is 1.26. The van der Waals surface area contributed by atoms with E-state index in [0.29, 0.717) is 5.56 Å². The number of rotatable bonds is 5. The molecule has 1 aromatic rings. The molecule has 0 amide bonds. The molecule has 0 spiro atoms. The number of aryl methyl sites for hydroxylation is 1. The fraction of sp³-hybridized carbons (Fsp3) is 0.364. The smallest absolute Gasteiger partial charge is 0.376 e. The second kappa shape index (κ2) is 6.08. The van der Waals surface area contributed by atoms with Crippen LogP contribution in [0, 0.1) is 6.92 Å². The minimum absolute atomic E-state index is 0.103. The van der Waals surface area contributed by atoms with E-state index in [-0.39, 0.29) is 5.69 Å². The van der Waals surface area contributed by atoms with E-state index in [0.717, 1.165) is 5.06 Å². The van der Waals surface area contributed by atoms with Crippen molar-refractivity contribution in [3.63, 3.8) is 0 Å². The number of likely N-dealkylation sites (N-methyl/N-ethyl adjacent to an activating group) is 1. The Morgan fingerprint density at radius 3 is 2.72 bits per heavy atom. The van der Waals surface area contributed by atoms with Crippen LogP contribution in [0.15, 0.2) is 18.3 Å². The summed E-state index contributed by atoms with van der Waals surface area (Å²) < 4.78 is 0. The summed E-state index contributed by atoms with van der Waals surface area (Å²) in [6, 6.07) is 2.05. The molecule has 0 aromatic carbocycles. The maximum absolute atomic E-state index is 11.7. The lowest BCUT2D eigenvalue weighted by Gasteiger charge is -2.21. The molecule has 7 nitrogen and oxygen atoms in total. The summed E-state index contributed by atoms with van der Waals surface area (Å²) in [6.45, 7) is 1.02. The van der Waals surface area contributed by atoms with Gasteiger partial charge in [0.05, 0.1) is 6.61 Å². The highest BCUT2D eigenvalue weighted by Crippen LogP contribution is 2.07. The second-order valence-electron chi connectivity index (χ2n) is 3.63. The third kappa shape index (κ3) is 3.25. The first-order valence-corrected chi connectivity index (χ1v) is 5.17. The molecule has 0 saturated carbocycles. The highest BCUT2D eigenvalue weighted by atomic mass is 16.7. The van der Waals surface area contributed by atoms with Crippen LogP contribution in [0.5, 0.6) is 0 Å². The Labute approximate surface area is 104 Å². The Bertz CT molecular complexity index is 449. The van der Waals surface area contributed by atoms with Crippen LogP contribution in [0.1, 0.15) is 16.1 Å². The van der Waals surface area contributed by atoms with Gasteiger partial charge in [-0.05, 0) is 18.6 Å². The maximum Gasteiger partial charge on any atom is 0.376 e. The lowest BCUT2D eigenvalue weighted by molar-refractivity contribution is -0.168. The lowest BCUT2D eigenvalue weighted by Crippen LogP contribution is -2.42. The van der Waals surface area contributed by atoms with Gasteiger partial charge in [0, 0.05) is 13.2 Å². The fourth-order valence-electron chi connectivity index (χ4n) is 1.29. The predicted octanol–water partition coefficient (Wildman–Crippen LogP) is -0.161.